The summed E-state index contributed by atoms with van der Waals surface area (Å²) in [5.41, 5.74) is 2.12. The Labute approximate surface area is 160 Å². The Morgan fingerprint density at radius 2 is 1.96 bits per heavy atom. The first-order valence-electron chi connectivity index (χ1n) is 8.29. The van der Waals surface area contributed by atoms with Crippen molar-refractivity contribution in [2.75, 3.05) is 13.6 Å². The third-order valence-corrected chi connectivity index (χ3v) is 4.58. The van der Waals surface area contributed by atoms with Gasteiger partial charge in [-0.25, -0.2) is 0 Å². The Balaban J connectivity index is 1.54. The van der Waals surface area contributed by atoms with Crippen LogP contribution in [0.1, 0.15) is 22.5 Å². The maximum atomic E-state index is 12.4. The second-order valence-corrected chi connectivity index (χ2v) is 6.95. The van der Waals surface area contributed by atoms with Crippen LogP contribution in [0.15, 0.2) is 63.6 Å². The van der Waals surface area contributed by atoms with Gasteiger partial charge in [0, 0.05) is 36.1 Å². The highest BCUT2D eigenvalue weighted by atomic mass is 79.9. The predicted octanol–water partition coefficient (Wildman–Crippen LogP) is 4.51. The van der Waals surface area contributed by atoms with Crippen molar-refractivity contribution in [1.29, 1.82) is 0 Å². The van der Waals surface area contributed by atoms with E-state index in [9.17, 15) is 9.90 Å². The van der Waals surface area contributed by atoms with E-state index >= 15 is 0 Å². The summed E-state index contributed by atoms with van der Waals surface area (Å²) in [6.07, 6.45) is 1.42. The van der Waals surface area contributed by atoms with E-state index in [1.165, 1.54) is 6.07 Å². The van der Waals surface area contributed by atoms with Crippen molar-refractivity contribution in [3.63, 3.8) is 0 Å². The molecule has 5 nitrogen and oxygen atoms in total. The number of hydrogen-bond acceptors (Lipinski definition) is 4. The first-order valence-corrected chi connectivity index (χ1v) is 9.09. The number of hydrogen-bond donors (Lipinski definition) is 1. The second-order valence-electron chi connectivity index (χ2n) is 6.04. The average Bonchev–Trinajstić information content (AvgIpc) is 3.11. The Kier molecular flexibility index (Phi) is 5.73. The number of aromatic hydroxyl groups is 1. The molecule has 0 aliphatic carbocycles. The van der Waals surface area contributed by atoms with Crippen LogP contribution >= 0.6 is 15.9 Å². The highest BCUT2D eigenvalue weighted by Crippen LogP contribution is 2.23. The summed E-state index contributed by atoms with van der Waals surface area (Å²) in [6, 6.07) is 16.6. The van der Waals surface area contributed by atoms with E-state index in [1.54, 1.807) is 24.1 Å². The Hall–Kier alpha value is -2.60. The number of halogens is 1. The van der Waals surface area contributed by atoms with Crippen LogP contribution in [-0.4, -0.2) is 34.7 Å². The van der Waals surface area contributed by atoms with Gasteiger partial charge in [-0.1, -0.05) is 51.4 Å². The standard InChI is InChI=1S/C20H19BrN2O3/c1-23(20(25)17-10-9-15(21)12-19(17)24)11-5-8-16-13-18(22-26-16)14-6-3-2-4-7-14/h2-4,6-7,9-10,12-13,24H,5,8,11H2,1H3. The van der Waals surface area contributed by atoms with Crippen LogP contribution < -0.4 is 0 Å². The molecule has 26 heavy (non-hydrogen) atoms. The molecule has 0 radical (unpaired) electrons. The number of amides is 1. The fraction of sp³-hybridized carbons (Fsp3) is 0.200. The number of aromatic nitrogens is 1. The largest absolute Gasteiger partial charge is 0.507 e. The molecule has 1 amide bonds. The molecule has 6 heteroatoms. The SMILES string of the molecule is CN(CCCc1cc(-c2ccccc2)no1)C(=O)c1ccc(Br)cc1O. The Morgan fingerprint density at radius 3 is 2.69 bits per heavy atom. The molecule has 3 aromatic rings. The molecule has 3 rings (SSSR count). The first-order chi connectivity index (χ1) is 12.5. The number of phenolic OH excluding ortho intramolecular Hbond substituents is 1. The summed E-state index contributed by atoms with van der Waals surface area (Å²) >= 11 is 3.27. The minimum absolute atomic E-state index is 0.0287. The summed E-state index contributed by atoms with van der Waals surface area (Å²) < 4.78 is 6.11. The van der Waals surface area contributed by atoms with Gasteiger partial charge >= 0.3 is 0 Å². The van der Waals surface area contributed by atoms with E-state index in [4.69, 9.17) is 4.52 Å². The van der Waals surface area contributed by atoms with Crippen molar-refractivity contribution in [3.05, 3.63) is 70.4 Å². The molecular formula is C20H19BrN2O3. The van der Waals surface area contributed by atoms with E-state index in [0.717, 1.165) is 27.9 Å². The molecule has 0 aliphatic rings. The number of carbonyl (C=O) groups is 1. The van der Waals surface area contributed by atoms with Crippen molar-refractivity contribution >= 4 is 21.8 Å². The third-order valence-electron chi connectivity index (χ3n) is 4.08. The van der Waals surface area contributed by atoms with Crippen LogP contribution in [-0.2, 0) is 6.42 Å². The lowest BCUT2D eigenvalue weighted by Gasteiger charge is -2.17. The summed E-state index contributed by atoms with van der Waals surface area (Å²) in [7, 11) is 1.72. The van der Waals surface area contributed by atoms with Gasteiger partial charge in [-0.3, -0.25) is 4.79 Å². The summed E-state index contributed by atoms with van der Waals surface area (Å²) in [5.74, 6) is 0.549. The van der Waals surface area contributed by atoms with Gasteiger partial charge in [-0.15, -0.1) is 0 Å². The molecule has 0 spiro atoms. The molecule has 1 heterocycles. The van der Waals surface area contributed by atoms with Crippen LogP contribution in [0.5, 0.6) is 5.75 Å². The van der Waals surface area contributed by atoms with E-state index in [-0.39, 0.29) is 11.7 Å². The zero-order chi connectivity index (χ0) is 18.5. The van der Waals surface area contributed by atoms with Gasteiger partial charge in [0.25, 0.3) is 5.91 Å². The molecular weight excluding hydrogens is 396 g/mol. The minimum Gasteiger partial charge on any atom is -0.507 e. The van der Waals surface area contributed by atoms with Crippen molar-refractivity contribution in [2.24, 2.45) is 0 Å². The van der Waals surface area contributed by atoms with Gasteiger partial charge < -0.3 is 14.5 Å². The summed E-state index contributed by atoms with van der Waals surface area (Å²) in [4.78, 5) is 14.0. The van der Waals surface area contributed by atoms with Gasteiger partial charge in [0.2, 0.25) is 0 Å². The number of phenols is 1. The number of carbonyl (C=O) groups excluding carboxylic acids is 1. The zero-order valence-corrected chi connectivity index (χ0v) is 15.9. The summed E-state index contributed by atoms with van der Waals surface area (Å²) in [6.45, 7) is 0.551. The van der Waals surface area contributed by atoms with Crippen molar-refractivity contribution in [1.82, 2.24) is 10.1 Å². The minimum atomic E-state index is -0.211. The number of benzene rings is 2. The van der Waals surface area contributed by atoms with E-state index in [2.05, 4.69) is 21.1 Å². The Bertz CT molecular complexity index is 893. The lowest BCUT2D eigenvalue weighted by molar-refractivity contribution is 0.0790. The number of nitrogens with zero attached hydrogens (tertiary/aromatic N) is 2. The molecule has 0 saturated carbocycles. The topological polar surface area (TPSA) is 66.6 Å². The highest BCUT2D eigenvalue weighted by Gasteiger charge is 2.16. The van der Waals surface area contributed by atoms with Gasteiger partial charge in [-0.2, -0.15) is 0 Å². The van der Waals surface area contributed by atoms with Crippen LogP contribution in [0.3, 0.4) is 0 Å². The van der Waals surface area contributed by atoms with Gasteiger partial charge in [0.15, 0.2) is 0 Å². The van der Waals surface area contributed by atoms with E-state index < -0.39 is 0 Å². The van der Waals surface area contributed by atoms with Gasteiger partial charge in [0.05, 0.1) is 5.56 Å². The molecule has 134 valence electrons. The monoisotopic (exact) mass is 414 g/mol. The number of aryl methyl sites for hydroxylation is 1. The van der Waals surface area contributed by atoms with Crippen molar-refractivity contribution < 1.29 is 14.4 Å². The molecule has 0 saturated heterocycles. The van der Waals surface area contributed by atoms with Crippen molar-refractivity contribution in [2.45, 2.75) is 12.8 Å². The number of rotatable bonds is 6. The molecule has 0 fully saturated rings. The molecule has 0 bridgehead atoms. The molecule has 0 atom stereocenters. The molecule has 2 aromatic carbocycles. The quantitative estimate of drug-likeness (QED) is 0.643. The Morgan fingerprint density at radius 1 is 1.19 bits per heavy atom. The maximum absolute atomic E-state index is 12.4. The van der Waals surface area contributed by atoms with E-state index in [1.807, 2.05) is 36.4 Å². The smallest absolute Gasteiger partial charge is 0.257 e. The normalized spacial score (nSPS) is 10.7. The van der Waals surface area contributed by atoms with Gasteiger partial charge in [-0.05, 0) is 24.6 Å². The predicted molar refractivity (Wildman–Crippen MR) is 103 cm³/mol. The molecule has 1 aromatic heterocycles. The fourth-order valence-electron chi connectivity index (χ4n) is 2.66. The first kappa shape index (κ1) is 18.2. The van der Waals surface area contributed by atoms with Crippen LogP contribution in [0.2, 0.25) is 0 Å². The molecule has 1 N–H and O–H groups in total. The van der Waals surface area contributed by atoms with Crippen LogP contribution in [0, 0.1) is 0 Å². The van der Waals surface area contributed by atoms with Crippen LogP contribution in [0.4, 0.5) is 0 Å². The fourth-order valence-corrected chi connectivity index (χ4v) is 3.01. The third kappa shape index (κ3) is 4.32. The average molecular weight is 415 g/mol. The zero-order valence-electron chi connectivity index (χ0n) is 14.4. The van der Waals surface area contributed by atoms with Crippen LogP contribution in [0.25, 0.3) is 11.3 Å². The molecule has 0 unspecified atom stereocenters. The second kappa shape index (κ2) is 8.19. The summed E-state index contributed by atoms with van der Waals surface area (Å²) in [5, 5.41) is 14.0. The maximum Gasteiger partial charge on any atom is 0.257 e. The highest BCUT2D eigenvalue weighted by molar-refractivity contribution is 9.10. The molecule has 0 aliphatic heterocycles. The lowest BCUT2D eigenvalue weighted by atomic mass is 10.1. The lowest BCUT2D eigenvalue weighted by Crippen LogP contribution is -2.28. The van der Waals surface area contributed by atoms with E-state index in [0.29, 0.717) is 18.5 Å². The van der Waals surface area contributed by atoms with Crippen molar-refractivity contribution in [3.8, 4) is 17.0 Å². The van der Waals surface area contributed by atoms with Gasteiger partial charge in [0.1, 0.15) is 17.2 Å².